The summed E-state index contributed by atoms with van der Waals surface area (Å²) in [7, 11) is 0. The number of aromatic amines is 4. The summed E-state index contributed by atoms with van der Waals surface area (Å²) in [6.07, 6.45) is 19.8. The fourth-order valence-electron chi connectivity index (χ4n) is 4.54. The molecule has 10 heterocycles. The molecule has 0 aromatic carbocycles. The Kier molecular flexibility index (Phi) is 21.8. The first kappa shape index (κ1) is 42.4. The number of hydrogen-bond donors (Lipinski definition) is 0. The third-order valence-electron chi connectivity index (χ3n) is 6.95. The van der Waals surface area contributed by atoms with Crippen LogP contribution in [0, 0.1) is 0 Å². The number of nitrogens with zero attached hydrogens (tertiary/aromatic N) is 4. The third kappa shape index (κ3) is 14.9. The van der Waals surface area contributed by atoms with Crippen LogP contribution in [0.25, 0.3) is 44.1 Å². The van der Waals surface area contributed by atoms with Crippen LogP contribution in [-0.4, -0.2) is 26.4 Å². The summed E-state index contributed by atoms with van der Waals surface area (Å²) in [6.45, 7) is 4.00. The maximum atomic E-state index is 4.94. The first-order chi connectivity index (χ1) is 22.9. The van der Waals surface area contributed by atoms with Crippen molar-refractivity contribution < 1.29 is 105 Å². The van der Waals surface area contributed by atoms with Crippen molar-refractivity contribution in [2.75, 3.05) is 26.4 Å². The summed E-state index contributed by atoms with van der Waals surface area (Å²) >= 11 is 0. The van der Waals surface area contributed by atoms with Crippen molar-refractivity contribution in [3.8, 4) is 0 Å². The molecule has 2 aliphatic heterocycles. The van der Waals surface area contributed by atoms with E-state index in [1.165, 1.54) is 25.7 Å². The quantitative estimate of drug-likeness (QED) is 0.167. The molecular weight excluding hydrogens is 681 g/mol. The maximum absolute atomic E-state index is 4.94. The predicted octanol–water partition coefficient (Wildman–Crippen LogP) is -1.96. The molecule has 0 saturated carbocycles. The first-order valence-corrected chi connectivity index (χ1v) is 15.5. The number of H-pyrrole nitrogens is 4. The van der Waals surface area contributed by atoms with Crippen LogP contribution >= 0.6 is 0 Å². The van der Waals surface area contributed by atoms with E-state index in [1.807, 2.05) is 97.6 Å². The molecule has 4 N–H and O–H groups in total. The Bertz CT molecular complexity index is 1560. The van der Waals surface area contributed by atoms with E-state index in [-0.39, 0.29) is 75.9 Å². The van der Waals surface area contributed by atoms with Crippen molar-refractivity contribution in [2.45, 2.75) is 25.7 Å². The summed E-state index contributed by atoms with van der Waals surface area (Å²) in [5.41, 5.74) is 3.82. The van der Waals surface area contributed by atoms with E-state index in [2.05, 4.69) is 39.9 Å². The van der Waals surface area contributed by atoms with Crippen LogP contribution < -0.4 is 99.0 Å². The number of aromatic nitrogens is 8. The molecule has 10 nitrogen and oxygen atoms in total. The Morgan fingerprint density at radius 2 is 0.633 bits per heavy atom. The van der Waals surface area contributed by atoms with E-state index in [1.54, 1.807) is 24.8 Å². The zero-order chi connectivity index (χ0) is 31.5. The zero-order valence-corrected chi connectivity index (χ0v) is 33.2. The molecule has 2 fully saturated rings. The van der Waals surface area contributed by atoms with Crippen LogP contribution in [0.15, 0.2) is 122 Å². The first-order valence-electron chi connectivity index (χ1n) is 15.5. The molecule has 0 bridgehead atoms. The monoisotopic (exact) mass is 721 g/mol. The van der Waals surface area contributed by atoms with Crippen LogP contribution in [0.1, 0.15) is 25.7 Å². The maximum Gasteiger partial charge on any atom is 2.00 e. The Labute approximate surface area is 340 Å². The average Bonchev–Trinajstić information content (AvgIpc) is 3.98. The van der Waals surface area contributed by atoms with Crippen LogP contribution in [0.4, 0.5) is 0 Å². The smallest absolute Gasteiger partial charge is 0.381 e. The van der Waals surface area contributed by atoms with Crippen molar-refractivity contribution >= 4 is 44.1 Å². The Hall–Kier alpha value is -2.81. The van der Waals surface area contributed by atoms with Crippen molar-refractivity contribution in [1.82, 2.24) is 19.9 Å². The van der Waals surface area contributed by atoms with Crippen molar-refractivity contribution in [3.05, 3.63) is 122 Å². The number of fused-ring (bicyclic) bond motifs is 4. The minimum atomic E-state index is 0. The van der Waals surface area contributed by atoms with Crippen molar-refractivity contribution in [2.24, 2.45) is 0 Å². The molecule has 0 unspecified atom stereocenters. The third-order valence-corrected chi connectivity index (χ3v) is 6.95. The Morgan fingerprint density at radius 1 is 0.388 bits per heavy atom. The molecule has 243 valence electrons. The van der Waals surface area contributed by atoms with Crippen LogP contribution in [0.5, 0.6) is 0 Å². The van der Waals surface area contributed by atoms with E-state index >= 15 is 0 Å². The van der Waals surface area contributed by atoms with Gasteiger partial charge in [0.15, 0.2) is 0 Å². The minimum absolute atomic E-state index is 0. The van der Waals surface area contributed by atoms with Gasteiger partial charge in [0.05, 0.1) is 0 Å². The predicted molar refractivity (Wildman–Crippen MR) is 175 cm³/mol. The van der Waals surface area contributed by atoms with Gasteiger partial charge in [-0.15, -0.1) is 0 Å². The van der Waals surface area contributed by atoms with Crippen LogP contribution in [0.3, 0.4) is 0 Å². The fourth-order valence-corrected chi connectivity index (χ4v) is 4.54. The molecule has 8 aromatic heterocycles. The van der Waals surface area contributed by atoms with Crippen molar-refractivity contribution in [3.63, 3.8) is 0 Å². The fraction of sp³-hybridized carbons (Fsp3) is 0.222. The van der Waals surface area contributed by atoms with E-state index in [0.29, 0.717) is 0 Å². The van der Waals surface area contributed by atoms with E-state index in [0.717, 1.165) is 70.6 Å². The molecule has 10 rings (SSSR count). The van der Waals surface area contributed by atoms with Gasteiger partial charge in [-0.2, -0.15) is 0 Å². The molecule has 13 heteroatoms. The summed E-state index contributed by atoms with van der Waals surface area (Å²) in [4.78, 5) is 28.3. The molecule has 0 aliphatic carbocycles. The molecule has 0 atom stereocenters. The molecule has 8 aromatic rings. The Morgan fingerprint density at radius 3 is 0.816 bits per heavy atom. The normalized spacial score (nSPS) is 12.4. The molecule has 0 amide bonds. The number of pyridine rings is 4. The zero-order valence-electron chi connectivity index (χ0n) is 28.1. The summed E-state index contributed by atoms with van der Waals surface area (Å²) < 4.78 is 9.89. The van der Waals surface area contributed by atoms with Gasteiger partial charge in [0.1, 0.15) is 22.6 Å². The molecule has 2 aliphatic rings. The molecule has 2 saturated heterocycles. The van der Waals surface area contributed by atoms with E-state index in [4.69, 9.17) is 9.47 Å². The number of ether oxygens (including phenoxy) is 2. The topological polar surface area (TPSA) is 131 Å². The van der Waals surface area contributed by atoms with Gasteiger partial charge in [-0.05, 0) is 98.5 Å². The largest absolute Gasteiger partial charge is 2.00 e. The SMILES string of the molecule is C1CCOC1.C1CCOC1.[Co+2].[Na+].[Na+].c1c[nH+]c2[n-]ccc2c1.c1c[nH+]c2[n-]ccc2c1.c1c[nH+]c2[n-]ccc2c1.c1c[nH+]c2[n-]ccc2c1. The van der Waals surface area contributed by atoms with Gasteiger partial charge in [-0.1, -0.05) is 0 Å². The number of rotatable bonds is 0. The van der Waals surface area contributed by atoms with Gasteiger partial charge in [0, 0.05) is 97.5 Å². The van der Waals surface area contributed by atoms with Gasteiger partial charge in [0.25, 0.3) is 0 Å². The Balaban J connectivity index is 0.000000205. The van der Waals surface area contributed by atoms with Gasteiger partial charge in [0.2, 0.25) is 0 Å². The standard InChI is InChI=1S/4C7H5N2.2C4H8O.Co.2Na/c4*1-2-6-3-5-9-7(6)8-4-1;2*1-2-4-5-3-1;;;/h4*1-5H;2*1-4H2;;;/q4*-1;;;+2;2*+1/p+4. The second kappa shape index (κ2) is 25.2. The van der Waals surface area contributed by atoms with Gasteiger partial charge in [-0.25, -0.2) is 19.9 Å². The molecule has 0 spiro atoms. The summed E-state index contributed by atoms with van der Waals surface area (Å²) in [6, 6.07) is 23.9. The number of hydrogen-bond acceptors (Lipinski definition) is 2. The van der Waals surface area contributed by atoms with E-state index < -0.39 is 0 Å². The van der Waals surface area contributed by atoms with Crippen molar-refractivity contribution in [1.29, 1.82) is 0 Å². The summed E-state index contributed by atoms with van der Waals surface area (Å²) in [5, 5.41) is 4.66. The van der Waals surface area contributed by atoms with Gasteiger partial charge >= 0.3 is 75.9 Å². The van der Waals surface area contributed by atoms with Crippen LogP contribution in [-0.2, 0) is 26.3 Å². The molecular formula is C36H40CoN8Na2O2+4. The van der Waals surface area contributed by atoms with Gasteiger partial charge < -0.3 is 29.4 Å². The molecule has 1 radical (unpaired) electrons. The van der Waals surface area contributed by atoms with Gasteiger partial charge in [-0.3, -0.25) is 0 Å². The summed E-state index contributed by atoms with van der Waals surface area (Å²) in [5.74, 6) is 0. The van der Waals surface area contributed by atoms with E-state index in [9.17, 15) is 0 Å². The minimum Gasteiger partial charge on any atom is -0.381 e. The average molecular weight is 722 g/mol. The van der Waals surface area contributed by atoms with Crippen LogP contribution in [0.2, 0.25) is 0 Å². The number of nitrogens with one attached hydrogen (secondary N) is 4. The second-order valence-electron chi connectivity index (χ2n) is 10.3. The molecule has 49 heavy (non-hydrogen) atoms. The second-order valence-corrected chi connectivity index (χ2v) is 10.3.